The average molecular weight is 373 g/mol. The van der Waals surface area contributed by atoms with Gasteiger partial charge in [0.25, 0.3) is 0 Å². The summed E-state index contributed by atoms with van der Waals surface area (Å²) in [6.45, 7) is 7.94. The first kappa shape index (κ1) is 19.4. The maximum atomic E-state index is 12.5. The molecule has 0 amide bonds. The summed E-state index contributed by atoms with van der Waals surface area (Å²) in [4.78, 5) is 14.9. The van der Waals surface area contributed by atoms with Crippen molar-refractivity contribution in [2.75, 3.05) is 40.0 Å². The molecule has 1 atom stereocenters. The third kappa shape index (κ3) is 5.08. The molecular weight excluding hydrogens is 346 g/mol. The highest BCUT2D eigenvalue weighted by atomic mass is 16.6. The van der Waals surface area contributed by atoms with Crippen molar-refractivity contribution in [2.45, 2.75) is 20.0 Å². The van der Waals surface area contributed by atoms with Crippen molar-refractivity contribution in [1.82, 2.24) is 14.7 Å². The molecule has 1 aliphatic heterocycles. The Kier molecular flexibility index (Phi) is 6.47. The molecule has 27 heavy (non-hydrogen) atoms. The Labute approximate surface area is 159 Å². The fraction of sp³-hybridized carbons (Fsp3) is 0.500. The van der Waals surface area contributed by atoms with Gasteiger partial charge in [-0.05, 0) is 18.1 Å². The van der Waals surface area contributed by atoms with Crippen molar-refractivity contribution in [3.63, 3.8) is 0 Å². The van der Waals surface area contributed by atoms with Crippen LogP contribution in [-0.2, 0) is 9.47 Å². The van der Waals surface area contributed by atoms with Crippen LogP contribution in [0.25, 0.3) is 5.69 Å². The molecule has 1 aliphatic rings. The molecule has 2 heterocycles. The number of hydrogen-bond acceptors (Lipinski definition) is 6. The standard InChI is InChI=1S/C20H27N3O4/c1-15(2)11-22-9-10-26-17(12-22)14-27-20(24)19-18(25-3)13-23(21-19)16-7-5-4-6-8-16/h4-8,13,15,17H,9-12,14H2,1-3H3/t17-/m0/s1. The van der Waals surface area contributed by atoms with E-state index in [9.17, 15) is 4.79 Å². The molecular formula is C20H27N3O4. The lowest BCUT2D eigenvalue weighted by Gasteiger charge is -2.33. The van der Waals surface area contributed by atoms with Crippen LogP contribution in [0.3, 0.4) is 0 Å². The second kappa shape index (κ2) is 9.01. The van der Waals surface area contributed by atoms with Crippen LogP contribution in [0.1, 0.15) is 24.3 Å². The number of methoxy groups -OCH3 is 1. The molecule has 0 saturated carbocycles. The van der Waals surface area contributed by atoms with Gasteiger partial charge in [-0.3, -0.25) is 4.90 Å². The molecule has 3 rings (SSSR count). The zero-order valence-corrected chi connectivity index (χ0v) is 16.1. The van der Waals surface area contributed by atoms with Crippen molar-refractivity contribution >= 4 is 5.97 Å². The van der Waals surface area contributed by atoms with E-state index in [4.69, 9.17) is 14.2 Å². The van der Waals surface area contributed by atoms with Crippen LogP contribution in [0.4, 0.5) is 0 Å². The summed E-state index contributed by atoms with van der Waals surface area (Å²) in [5.41, 5.74) is 1.01. The van der Waals surface area contributed by atoms with Crippen LogP contribution >= 0.6 is 0 Å². The number of aromatic nitrogens is 2. The minimum atomic E-state index is -0.508. The Morgan fingerprint density at radius 3 is 2.81 bits per heavy atom. The van der Waals surface area contributed by atoms with E-state index in [2.05, 4.69) is 23.8 Å². The molecule has 1 fully saturated rings. The van der Waals surface area contributed by atoms with Gasteiger partial charge in [0.2, 0.25) is 5.69 Å². The highest BCUT2D eigenvalue weighted by molar-refractivity contribution is 5.90. The summed E-state index contributed by atoms with van der Waals surface area (Å²) in [5, 5.41) is 4.34. The van der Waals surface area contributed by atoms with E-state index in [1.165, 1.54) is 7.11 Å². The van der Waals surface area contributed by atoms with E-state index < -0.39 is 5.97 Å². The van der Waals surface area contributed by atoms with Crippen LogP contribution < -0.4 is 4.74 Å². The van der Waals surface area contributed by atoms with Crippen LogP contribution in [0.15, 0.2) is 36.5 Å². The molecule has 0 unspecified atom stereocenters. The Morgan fingerprint density at radius 2 is 2.11 bits per heavy atom. The molecule has 146 valence electrons. The van der Waals surface area contributed by atoms with Gasteiger partial charge < -0.3 is 14.2 Å². The smallest absolute Gasteiger partial charge is 0.362 e. The number of benzene rings is 1. The molecule has 1 aromatic carbocycles. The van der Waals surface area contributed by atoms with Crippen LogP contribution in [-0.4, -0.2) is 66.7 Å². The lowest BCUT2D eigenvalue weighted by Crippen LogP contribution is -2.45. The molecule has 0 bridgehead atoms. The van der Waals surface area contributed by atoms with Crippen LogP contribution in [0, 0.1) is 5.92 Å². The molecule has 2 aromatic rings. The second-order valence-corrected chi connectivity index (χ2v) is 7.07. The van der Waals surface area contributed by atoms with Crippen molar-refractivity contribution in [3.8, 4) is 11.4 Å². The first-order chi connectivity index (χ1) is 13.1. The van der Waals surface area contributed by atoms with E-state index in [1.54, 1.807) is 10.9 Å². The first-order valence-electron chi connectivity index (χ1n) is 9.27. The molecule has 1 aromatic heterocycles. The first-order valence-corrected chi connectivity index (χ1v) is 9.27. The van der Waals surface area contributed by atoms with E-state index in [1.807, 2.05) is 30.3 Å². The van der Waals surface area contributed by atoms with Gasteiger partial charge >= 0.3 is 5.97 Å². The largest absolute Gasteiger partial charge is 0.493 e. The van der Waals surface area contributed by atoms with Gasteiger partial charge in [-0.25, -0.2) is 9.48 Å². The van der Waals surface area contributed by atoms with E-state index in [0.717, 1.165) is 25.3 Å². The number of hydrogen-bond donors (Lipinski definition) is 0. The minimum absolute atomic E-state index is 0.122. The quantitative estimate of drug-likeness (QED) is 0.695. The number of morpholine rings is 1. The zero-order valence-electron chi connectivity index (χ0n) is 16.1. The summed E-state index contributed by atoms with van der Waals surface area (Å²) >= 11 is 0. The van der Waals surface area contributed by atoms with Crippen LogP contribution in [0.2, 0.25) is 0 Å². The predicted octanol–water partition coefficient (Wildman–Crippen LogP) is 2.39. The minimum Gasteiger partial charge on any atom is -0.493 e. The number of rotatable bonds is 7. The van der Waals surface area contributed by atoms with Gasteiger partial charge in [-0.2, -0.15) is 5.10 Å². The third-order valence-electron chi connectivity index (χ3n) is 4.36. The molecule has 7 nitrogen and oxygen atoms in total. The van der Waals surface area contributed by atoms with E-state index >= 15 is 0 Å². The number of carbonyl (C=O) groups is 1. The van der Waals surface area contributed by atoms with Crippen molar-refractivity contribution < 1.29 is 19.0 Å². The second-order valence-electron chi connectivity index (χ2n) is 7.07. The van der Waals surface area contributed by atoms with Gasteiger partial charge in [0.05, 0.1) is 25.6 Å². The Balaban J connectivity index is 1.62. The monoisotopic (exact) mass is 373 g/mol. The maximum absolute atomic E-state index is 12.5. The molecule has 0 radical (unpaired) electrons. The molecule has 0 spiro atoms. The molecule has 7 heteroatoms. The normalized spacial score (nSPS) is 17.9. The predicted molar refractivity (Wildman–Crippen MR) is 101 cm³/mol. The lowest BCUT2D eigenvalue weighted by molar-refractivity contribution is -0.0614. The lowest BCUT2D eigenvalue weighted by atomic mass is 10.2. The number of carbonyl (C=O) groups excluding carboxylic acids is 1. The van der Waals surface area contributed by atoms with Crippen molar-refractivity contribution in [3.05, 3.63) is 42.2 Å². The van der Waals surface area contributed by atoms with Gasteiger partial charge in [-0.15, -0.1) is 0 Å². The van der Waals surface area contributed by atoms with Gasteiger partial charge in [0.15, 0.2) is 5.75 Å². The Hall–Kier alpha value is -2.38. The van der Waals surface area contributed by atoms with E-state index in [0.29, 0.717) is 18.3 Å². The summed E-state index contributed by atoms with van der Waals surface area (Å²) in [6, 6.07) is 9.54. The summed E-state index contributed by atoms with van der Waals surface area (Å²) in [7, 11) is 1.51. The van der Waals surface area contributed by atoms with Gasteiger partial charge in [0, 0.05) is 19.6 Å². The average Bonchev–Trinajstić information content (AvgIpc) is 3.11. The Morgan fingerprint density at radius 1 is 1.33 bits per heavy atom. The molecule has 0 N–H and O–H groups in total. The number of nitrogens with zero attached hydrogens (tertiary/aromatic N) is 3. The number of para-hydroxylation sites is 1. The summed E-state index contributed by atoms with van der Waals surface area (Å²) < 4.78 is 18.1. The molecule has 1 saturated heterocycles. The number of ether oxygens (including phenoxy) is 3. The fourth-order valence-electron chi connectivity index (χ4n) is 3.16. The maximum Gasteiger partial charge on any atom is 0.362 e. The van der Waals surface area contributed by atoms with Gasteiger partial charge in [0.1, 0.15) is 12.7 Å². The summed E-state index contributed by atoms with van der Waals surface area (Å²) in [6.07, 6.45) is 1.55. The topological polar surface area (TPSA) is 65.8 Å². The SMILES string of the molecule is COc1cn(-c2ccccc2)nc1C(=O)OC[C@@H]1CN(CC(C)C)CCO1. The zero-order chi connectivity index (χ0) is 19.2. The van der Waals surface area contributed by atoms with E-state index in [-0.39, 0.29) is 18.4 Å². The number of esters is 1. The Bertz CT molecular complexity index is 745. The highest BCUT2D eigenvalue weighted by Gasteiger charge is 2.25. The van der Waals surface area contributed by atoms with Gasteiger partial charge in [-0.1, -0.05) is 32.0 Å². The van der Waals surface area contributed by atoms with Crippen LogP contribution in [0.5, 0.6) is 5.75 Å². The molecule has 0 aliphatic carbocycles. The highest BCUT2D eigenvalue weighted by Crippen LogP contribution is 2.20. The third-order valence-corrected chi connectivity index (χ3v) is 4.36. The fourth-order valence-corrected chi connectivity index (χ4v) is 3.16. The van der Waals surface area contributed by atoms with Crippen molar-refractivity contribution in [1.29, 1.82) is 0 Å². The van der Waals surface area contributed by atoms with Crippen molar-refractivity contribution in [2.24, 2.45) is 5.92 Å². The summed E-state index contributed by atoms with van der Waals surface area (Å²) in [5.74, 6) is 0.471.